The van der Waals surface area contributed by atoms with Gasteiger partial charge >= 0.3 is 0 Å². The predicted molar refractivity (Wildman–Crippen MR) is 111 cm³/mol. The van der Waals surface area contributed by atoms with Crippen molar-refractivity contribution in [2.24, 2.45) is 0 Å². The number of phenols is 5. The predicted octanol–water partition coefficient (Wildman–Crippen LogP) is -0.833. The Morgan fingerprint density at radius 3 is 2.06 bits per heavy atom. The van der Waals surface area contributed by atoms with E-state index in [1.165, 1.54) is 0 Å². The van der Waals surface area contributed by atoms with Crippen LogP contribution in [0.3, 0.4) is 0 Å². The maximum Gasteiger partial charge on any atom is 0.229 e. The maximum absolute atomic E-state index is 12.9. The van der Waals surface area contributed by atoms with Crippen molar-refractivity contribution in [1.82, 2.24) is 0 Å². The first-order valence-corrected chi connectivity index (χ1v) is 9.78. The standard InChI is InChI=1S/C21H20O13/c22-5-13-17(29)18(30)19(31)21(34-13)33-12-4-10(26)16(28)20-14(12)7(23)3-11(32-20)6-1-8(24)15(27)9(25)2-6/h1-4,13,17-19,21-22,24-31H,5H2/t13-,17-,18+,19-,21+/m1/s1. The minimum Gasteiger partial charge on any atom is -0.504 e. The van der Waals surface area contributed by atoms with Crippen molar-refractivity contribution < 1.29 is 59.8 Å². The molecule has 0 radical (unpaired) electrons. The lowest BCUT2D eigenvalue weighted by Crippen LogP contribution is -2.60. The number of phenolic OH excluding ortho intramolecular Hbond substituents is 5. The van der Waals surface area contributed by atoms with Crippen LogP contribution < -0.4 is 10.2 Å². The van der Waals surface area contributed by atoms with E-state index < -0.39 is 88.2 Å². The fourth-order valence-corrected chi connectivity index (χ4v) is 3.55. The van der Waals surface area contributed by atoms with Crippen molar-refractivity contribution in [3.05, 3.63) is 34.5 Å². The second-order valence-corrected chi connectivity index (χ2v) is 7.60. The van der Waals surface area contributed by atoms with Crippen LogP contribution >= 0.6 is 0 Å². The van der Waals surface area contributed by atoms with Crippen LogP contribution in [0.15, 0.2) is 33.5 Å². The van der Waals surface area contributed by atoms with E-state index in [0.29, 0.717) is 0 Å². The zero-order chi connectivity index (χ0) is 24.9. The largest absolute Gasteiger partial charge is 0.504 e. The molecule has 13 nitrogen and oxygen atoms in total. The Bertz CT molecular complexity index is 1280. The molecule has 0 saturated carbocycles. The highest BCUT2D eigenvalue weighted by molar-refractivity contribution is 5.91. The number of hydrogen-bond donors (Lipinski definition) is 9. The molecule has 2 heterocycles. The minimum absolute atomic E-state index is 0.0639. The first-order valence-electron chi connectivity index (χ1n) is 9.78. The molecular weight excluding hydrogens is 460 g/mol. The molecule has 1 aromatic heterocycles. The zero-order valence-corrected chi connectivity index (χ0v) is 17.1. The van der Waals surface area contributed by atoms with Gasteiger partial charge < -0.3 is 59.8 Å². The summed E-state index contributed by atoms with van der Waals surface area (Å²) in [5.74, 6) is -4.61. The molecule has 1 fully saturated rings. The third-order valence-electron chi connectivity index (χ3n) is 5.37. The summed E-state index contributed by atoms with van der Waals surface area (Å²) in [6.45, 7) is -0.732. The van der Waals surface area contributed by atoms with E-state index in [0.717, 1.165) is 24.3 Å². The van der Waals surface area contributed by atoms with E-state index in [1.807, 2.05) is 0 Å². The van der Waals surface area contributed by atoms with Gasteiger partial charge in [0.05, 0.1) is 6.61 Å². The first kappa shape index (κ1) is 23.4. The summed E-state index contributed by atoms with van der Waals surface area (Å²) in [5, 5.41) is 88.3. The summed E-state index contributed by atoms with van der Waals surface area (Å²) < 4.78 is 16.2. The van der Waals surface area contributed by atoms with Crippen LogP contribution in [0.25, 0.3) is 22.3 Å². The molecule has 3 aromatic rings. The Kier molecular flexibility index (Phi) is 5.89. The molecule has 1 aliphatic heterocycles. The molecule has 182 valence electrons. The third-order valence-corrected chi connectivity index (χ3v) is 5.37. The van der Waals surface area contributed by atoms with Gasteiger partial charge in [-0.3, -0.25) is 4.79 Å². The lowest BCUT2D eigenvalue weighted by Gasteiger charge is -2.39. The van der Waals surface area contributed by atoms with Gasteiger partial charge in [-0.1, -0.05) is 0 Å². The smallest absolute Gasteiger partial charge is 0.229 e. The van der Waals surface area contributed by atoms with E-state index in [9.17, 15) is 50.8 Å². The molecule has 5 atom stereocenters. The van der Waals surface area contributed by atoms with Gasteiger partial charge in [-0.25, -0.2) is 0 Å². The summed E-state index contributed by atoms with van der Waals surface area (Å²) in [7, 11) is 0. The number of fused-ring (bicyclic) bond motifs is 1. The summed E-state index contributed by atoms with van der Waals surface area (Å²) in [6.07, 6.45) is -8.26. The Labute approximate surface area is 189 Å². The van der Waals surface area contributed by atoms with Gasteiger partial charge in [0.1, 0.15) is 41.3 Å². The Hall–Kier alpha value is -3.75. The lowest BCUT2D eigenvalue weighted by molar-refractivity contribution is -0.277. The Morgan fingerprint density at radius 1 is 0.824 bits per heavy atom. The lowest BCUT2D eigenvalue weighted by atomic mass is 9.99. The van der Waals surface area contributed by atoms with Crippen molar-refractivity contribution in [3.63, 3.8) is 0 Å². The minimum atomic E-state index is -1.82. The molecule has 9 N–H and O–H groups in total. The zero-order valence-electron chi connectivity index (χ0n) is 17.1. The van der Waals surface area contributed by atoms with Gasteiger partial charge in [0.25, 0.3) is 0 Å². The number of benzene rings is 2. The molecule has 1 saturated heterocycles. The molecule has 1 aliphatic rings. The molecule has 13 heteroatoms. The molecule has 0 aliphatic carbocycles. The summed E-state index contributed by atoms with van der Waals surface area (Å²) >= 11 is 0. The SMILES string of the molecule is O=c1cc(-c2cc(O)c(O)c(O)c2)oc2c(O)c(O)cc(O[C@H]3O[C@H](CO)[C@@H](O)[C@H](O)[C@H]3O)c12. The Morgan fingerprint density at radius 2 is 1.44 bits per heavy atom. The van der Waals surface area contributed by atoms with Crippen molar-refractivity contribution in [2.75, 3.05) is 6.61 Å². The van der Waals surface area contributed by atoms with Crippen LogP contribution in [0.4, 0.5) is 0 Å². The second-order valence-electron chi connectivity index (χ2n) is 7.60. The van der Waals surface area contributed by atoms with Crippen LogP contribution in [0.5, 0.6) is 34.5 Å². The molecule has 4 rings (SSSR count). The molecule has 0 unspecified atom stereocenters. The van der Waals surface area contributed by atoms with E-state index in [2.05, 4.69) is 0 Å². The van der Waals surface area contributed by atoms with Crippen LogP contribution in [0.1, 0.15) is 0 Å². The fourth-order valence-electron chi connectivity index (χ4n) is 3.55. The van der Waals surface area contributed by atoms with Crippen molar-refractivity contribution in [2.45, 2.75) is 30.7 Å². The number of aromatic hydroxyl groups is 5. The first-order chi connectivity index (χ1) is 16.0. The van der Waals surface area contributed by atoms with Crippen LogP contribution in [-0.2, 0) is 4.74 Å². The van der Waals surface area contributed by atoms with Crippen LogP contribution in [-0.4, -0.2) is 83.3 Å². The number of aliphatic hydroxyl groups excluding tert-OH is 4. The topological polar surface area (TPSA) is 231 Å². The van der Waals surface area contributed by atoms with Gasteiger partial charge in [0.2, 0.25) is 12.0 Å². The second kappa shape index (κ2) is 8.55. The maximum atomic E-state index is 12.9. The van der Waals surface area contributed by atoms with Crippen molar-refractivity contribution >= 4 is 11.0 Å². The quantitative estimate of drug-likeness (QED) is 0.208. The average Bonchev–Trinajstić information content (AvgIpc) is 2.80. The highest BCUT2D eigenvalue weighted by Gasteiger charge is 2.45. The number of aliphatic hydroxyl groups is 4. The van der Waals surface area contributed by atoms with E-state index in [4.69, 9.17) is 13.9 Å². The third kappa shape index (κ3) is 3.81. The number of ether oxygens (including phenoxy) is 2. The number of hydrogen-bond acceptors (Lipinski definition) is 13. The Balaban J connectivity index is 1.82. The van der Waals surface area contributed by atoms with Gasteiger partial charge in [-0.2, -0.15) is 0 Å². The molecule has 0 bridgehead atoms. The van der Waals surface area contributed by atoms with Crippen molar-refractivity contribution in [3.8, 4) is 45.8 Å². The fraction of sp³-hybridized carbons (Fsp3) is 0.286. The highest BCUT2D eigenvalue weighted by Crippen LogP contribution is 2.43. The molecule has 0 spiro atoms. The van der Waals surface area contributed by atoms with Gasteiger partial charge in [-0.05, 0) is 12.1 Å². The summed E-state index contributed by atoms with van der Waals surface area (Å²) in [5.41, 5.74) is -1.47. The molecule has 34 heavy (non-hydrogen) atoms. The van der Waals surface area contributed by atoms with Gasteiger partial charge in [0, 0.05) is 17.7 Å². The normalized spacial score (nSPS) is 24.9. The van der Waals surface area contributed by atoms with Gasteiger partial charge in [-0.15, -0.1) is 0 Å². The summed E-state index contributed by atoms with van der Waals surface area (Å²) in [6, 6.07) is 3.69. The average molecular weight is 480 g/mol. The molecule has 0 amide bonds. The number of rotatable bonds is 4. The highest BCUT2D eigenvalue weighted by atomic mass is 16.7. The van der Waals surface area contributed by atoms with E-state index in [1.54, 1.807) is 0 Å². The van der Waals surface area contributed by atoms with Gasteiger partial charge in [0.15, 0.2) is 34.0 Å². The summed E-state index contributed by atoms with van der Waals surface area (Å²) in [4.78, 5) is 12.9. The molecular formula is C21H20O13. The van der Waals surface area contributed by atoms with Crippen molar-refractivity contribution in [1.29, 1.82) is 0 Å². The van der Waals surface area contributed by atoms with E-state index in [-0.39, 0.29) is 11.3 Å². The van der Waals surface area contributed by atoms with Crippen LogP contribution in [0, 0.1) is 0 Å². The molecule has 2 aromatic carbocycles. The monoisotopic (exact) mass is 480 g/mol. The van der Waals surface area contributed by atoms with Crippen LogP contribution in [0.2, 0.25) is 0 Å². The van der Waals surface area contributed by atoms with E-state index >= 15 is 0 Å².